The minimum Gasteiger partial charge on any atom is -0.434 e. The van der Waals surface area contributed by atoms with Crippen LogP contribution in [0.15, 0.2) is 65.6 Å². The molecule has 1 saturated carbocycles. The van der Waals surface area contributed by atoms with E-state index in [9.17, 15) is 17.2 Å². The molecule has 3 aromatic rings. The van der Waals surface area contributed by atoms with Crippen molar-refractivity contribution in [2.45, 2.75) is 49.9 Å². The highest BCUT2D eigenvalue weighted by Gasteiger charge is 2.31. The first-order chi connectivity index (χ1) is 20.3. The predicted octanol–water partition coefficient (Wildman–Crippen LogP) is 6.57. The van der Waals surface area contributed by atoms with Crippen molar-refractivity contribution in [1.29, 1.82) is 0 Å². The summed E-state index contributed by atoms with van der Waals surface area (Å²) < 4.78 is 62.2. The zero-order valence-corrected chi connectivity index (χ0v) is 24.9. The van der Waals surface area contributed by atoms with Gasteiger partial charge in [0.05, 0.1) is 23.9 Å². The van der Waals surface area contributed by atoms with Crippen LogP contribution >= 0.6 is 11.6 Å². The number of morpholine rings is 1. The third kappa shape index (κ3) is 6.81. The van der Waals surface area contributed by atoms with Crippen molar-refractivity contribution in [3.63, 3.8) is 0 Å². The molecule has 0 spiro atoms. The van der Waals surface area contributed by atoms with Gasteiger partial charge in [-0.1, -0.05) is 41.9 Å². The molecule has 0 aromatic heterocycles. The van der Waals surface area contributed by atoms with Crippen LogP contribution in [-0.2, 0) is 27.7 Å². The largest absolute Gasteiger partial charge is 0.434 e. The molecule has 224 valence electrons. The lowest BCUT2D eigenvalue weighted by Gasteiger charge is -2.32. The maximum atomic E-state index is 13.1. The van der Waals surface area contributed by atoms with Gasteiger partial charge in [-0.2, -0.15) is 8.78 Å². The van der Waals surface area contributed by atoms with Crippen LogP contribution in [0.1, 0.15) is 42.0 Å². The molecule has 42 heavy (non-hydrogen) atoms. The molecule has 3 aliphatic rings. The highest BCUT2D eigenvalue weighted by Crippen LogP contribution is 2.41. The quantitative estimate of drug-likeness (QED) is 0.243. The number of ether oxygens (including phenoxy) is 2. The Labute approximate surface area is 251 Å². The lowest BCUT2D eigenvalue weighted by molar-refractivity contribution is -0.0494. The summed E-state index contributed by atoms with van der Waals surface area (Å²) >= 11 is 6.72. The Hall–Kier alpha value is -2.56. The van der Waals surface area contributed by atoms with Gasteiger partial charge in [0.1, 0.15) is 5.75 Å². The smallest absolute Gasteiger partial charge is 0.387 e. The van der Waals surface area contributed by atoms with Gasteiger partial charge >= 0.3 is 6.61 Å². The minimum atomic E-state index is -3.29. The van der Waals surface area contributed by atoms with Crippen LogP contribution in [0.4, 0.5) is 8.78 Å². The van der Waals surface area contributed by atoms with Crippen LogP contribution in [0.25, 0.3) is 11.1 Å². The molecule has 2 heterocycles. The minimum absolute atomic E-state index is 0.0529. The highest BCUT2D eigenvalue weighted by atomic mass is 35.5. The third-order valence-electron chi connectivity index (χ3n) is 8.47. The summed E-state index contributed by atoms with van der Waals surface area (Å²) in [6, 6.07) is 18.1. The predicted molar refractivity (Wildman–Crippen MR) is 159 cm³/mol. The standard InChI is InChI=1S/C32H35ClF2N2O4S/c33-29-18-25-20-37(19-24(25)17-28(29)27-3-1-2-4-31(27)41-32(34)35)30(11-12-36-13-15-40-16-14-36)23-7-9-26(10-8-23)42(38,39)21-22-5-6-22/h1-4,7-10,17-18,22,30,32H,5-6,11-16,19-21H2. The van der Waals surface area contributed by atoms with Gasteiger partial charge in [0.15, 0.2) is 9.84 Å². The number of para-hydroxylation sites is 1. The number of nitrogens with zero attached hydrogens (tertiary/aromatic N) is 2. The number of halogens is 3. The Morgan fingerprint density at radius 1 is 0.952 bits per heavy atom. The van der Waals surface area contributed by atoms with Gasteiger partial charge in [-0.3, -0.25) is 9.80 Å². The number of sulfone groups is 1. The zero-order valence-electron chi connectivity index (χ0n) is 23.4. The number of hydrogen-bond donors (Lipinski definition) is 0. The lowest BCUT2D eigenvalue weighted by atomic mass is 9.99. The first-order valence-electron chi connectivity index (χ1n) is 14.5. The second kappa shape index (κ2) is 12.6. The number of rotatable bonds is 11. The van der Waals surface area contributed by atoms with Gasteiger partial charge < -0.3 is 9.47 Å². The lowest BCUT2D eigenvalue weighted by Crippen LogP contribution is -2.38. The number of hydrogen-bond acceptors (Lipinski definition) is 6. The zero-order chi connectivity index (χ0) is 29.3. The fraction of sp³-hybridized carbons (Fsp3) is 0.438. The van der Waals surface area contributed by atoms with E-state index >= 15 is 0 Å². The van der Waals surface area contributed by atoms with Gasteiger partial charge in [-0.15, -0.1) is 0 Å². The van der Waals surface area contributed by atoms with Crippen LogP contribution in [0, 0.1) is 5.92 Å². The molecule has 6 nitrogen and oxygen atoms in total. The molecule has 0 bridgehead atoms. The summed E-state index contributed by atoms with van der Waals surface area (Å²) in [6.45, 7) is 2.54. The number of benzene rings is 3. The Morgan fingerprint density at radius 3 is 2.33 bits per heavy atom. The molecular formula is C32H35ClF2N2O4S. The molecule has 3 aromatic carbocycles. The second-order valence-electron chi connectivity index (χ2n) is 11.4. The van der Waals surface area contributed by atoms with Crippen molar-refractivity contribution in [2.75, 3.05) is 38.6 Å². The molecule has 0 amide bonds. The van der Waals surface area contributed by atoms with E-state index in [2.05, 4.69) is 9.80 Å². The molecule has 10 heteroatoms. The summed E-state index contributed by atoms with van der Waals surface area (Å²) in [4.78, 5) is 5.18. The van der Waals surface area contributed by atoms with E-state index in [1.165, 1.54) is 6.07 Å². The monoisotopic (exact) mass is 616 g/mol. The Balaban J connectivity index is 1.26. The van der Waals surface area contributed by atoms with Gasteiger partial charge in [0.2, 0.25) is 0 Å². The molecular weight excluding hydrogens is 582 g/mol. The fourth-order valence-corrected chi connectivity index (χ4v) is 8.03. The van der Waals surface area contributed by atoms with E-state index in [0.29, 0.717) is 40.1 Å². The van der Waals surface area contributed by atoms with Crippen molar-refractivity contribution in [3.05, 3.63) is 82.4 Å². The van der Waals surface area contributed by atoms with Crippen molar-refractivity contribution >= 4 is 21.4 Å². The molecule has 2 aliphatic heterocycles. The van der Waals surface area contributed by atoms with Gasteiger partial charge in [0, 0.05) is 54.9 Å². The van der Waals surface area contributed by atoms with E-state index in [-0.39, 0.29) is 17.5 Å². The van der Waals surface area contributed by atoms with Gasteiger partial charge in [0.25, 0.3) is 0 Å². The highest BCUT2D eigenvalue weighted by molar-refractivity contribution is 7.91. The molecule has 1 atom stereocenters. The normalized spacial score (nSPS) is 18.8. The Bertz CT molecular complexity index is 1510. The maximum absolute atomic E-state index is 13.1. The molecule has 0 N–H and O–H groups in total. The third-order valence-corrected chi connectivity index (χ3v) is 10.7. The average Bonchev–Trinajstić information content (AvgIpc) is 3.69. The van der Waals surface area contributed by atoms with Crippen molar-refractivity contribution < 1.29 is 26.7 Å². The van der Waals surface area contributed by atoms with Crippen LogP contribution in [0.3, 0.4) is 0 Å². The van der Waals surface area contributed by atoms with Gasteiger partial charge in [-0.25, -0.2) is 8.42 Å². The van der Waals surface area contributed by atoms with Crippen LogP contribution in [-0.4, -0.2) is 63.4 Å². The van der Waals surface area contributed by atoms with Crippen molar-refractivity contribution in [2.24, 2.45) is 5.92 Å². The SMILES string of the molecule is O=S(=O)(CC1CC1)c1ccc(C(CCN2CCOCC2)N2Cc3cc(Cl)c(-c4ccccc4OC(F)F)cc3C2)cc1. The fourth-order valence-electron chi connectivity index (χ4n) is 6.04. The van der Waals surface area contributed by atoms with Gasteiger partial charge in [-0.05, 0) is 72.2 Å². The first-order valence-corrected chi connectivity index (χ1v) is 16.5. The van der Waals surface area contributed by atoms with Crippen LogP contribution in [0.2, 0.25) is 5.02 Å². The summed E-state index contributed by atoms with van der Waals surface area (Å²) in [5.74, 6) is 0.608. The molecule has 1 saturated heterocycles. The second-order valence-corrected chi connectivity index (χ2v) is 13.9. The van der Waals surface area contributed by atoms with E-state index < -0.39 is 16.4 Å². The summed E-state index contributed by atoms with van der Waals surface area (Å²) in [5, 5.41) is 0.482. The molecule has 1 aliphatic carbocycles. The van der Waals surface area contributed by atoms with Crippen molar-refractivity contribution in [1.82, 2.24) is 9.80 Å². The van der Waals surface area contributed by atoms with Crippen LogP contribution in [0.5, 0.6) is 5.75 Å². The molecule has 1 unspecified atom stereocenters. The van der Waals surface area contributed by atoms with Crippen LogP contribution < -0.4 is 4.74 Å². The number of alkyl halides is 2. The summed E-state index contributed by atoms with van der Waals surface area (Å²) in [6.07, 6.45) is 2.85. The average molecular weight is 617 g/mol. The van der Waals surface area contributed by atoms with E-state index in [4.69, 9.17) is 21.1 Å². The maximum Gasteiger partial charge on any atom is 0.387 e. The summed E-state index contributed by atoms with van der Waals surface area (Å²) in [5.41, 5.74) is 4.43. The Morgan fingerprint density at radius 2 is 1.64 bits per heavy atom. The first kappa shape index (κ1) is 29.5. The summed E-state index contributed by atoms with van der Waals surface area (Å²) in [7, 11) is -3.29. The molecule has 6 rings (SSSR count). The van der Waals surface area contributed by atoms with E-state index in [0.717, 1.165) is 68.8 Å². The Kier molecular flexibility index (Phi) is 8.84. The van der Waals surface area contributed by atoms with Crippen molar-refractivity contribution in [3.8, 4) is 16.9 Å². The topological polar surface area (TPSA) is 59.1 Å². The van der Waals surface area contributed by atoms with E-state index in [1.807, 2.05) is 24.3 Å². The van der Waals surface area contributed by atoms with E-state index in [1.54, 1.807) is 30.3 Å². The molecule has 2 fully saturated rings. The molecule has 0 radical (unpaired) electrons. The number of fused-ring (bicyclic) bond motifs is 1.